The lowest BCUT2D eigenvalue weighted by atomic mass is 10.0. The number of carbonyl (C=O) groups excluding carboxylic acids is 1. The molecule has 216 valence electrons. The van der Waals surface area contributed by atoms with Crippen LogP contribution in [0.15, 0.2) is 47.3 Å². The summed E-state index contributed by atoms with van der Waals surface area (Å²) in [5.74, 6) is 1.86. The van der Waals surface area contributed by atoms with E-state index in [1.54, 1.807) is 29.9 Å². The van der Waals surface area contributed by atoms with Gasteiger partial charge in [0.05, 0.1) is 24.8 Å². The number of carbonyl (C=O) groups is 1. The van der Waals surface area contributed by atoms with Gasteiger partial charge in [0.25, 0.3) is 11.5 Å². The van der Waals surface area contributed by atoms with E-state index in [9.17, 15) is 9.59 Å². The van der Waals surface area contributed by atoms with Crippen LogP contribution in [0, 0.1) is 0 Å². The van der Waals surface area contributed by atoms with Gasteiger partial charge in [0.15, 0.2) is 11.5 Å². The van der Waals surface area contributed by atoms with E-state index in [0.29, 0.717) is 48.0 Å². The minimum Gasteiger partial charge on any atom is -0.497 e. The molecule has 0 bridgehead atoms. The van der Waals surface area contributed by atoms with E-state index < -0.39 is 0 Å². The lowest BCUT2D eigenvalue weighted by Crippen LogP contribution is -2.43. The summed E-state index contributed by atoms with van der Waals surface area (Å²) in [6.45, 7) is 5.04. The molecule has 40 heavy (non-hydrogen) atoms. The number of aliphatic hydroxyl groups excluding tert-OH is 1. The molecule has 2 aromatic carbocycles. The van der Waals surface area contributed by atoms with Crippen molar-refractivity contribution in [2.75, 3.05) is 53.1 Å². The largest absolute Gasteiger partial charge is 0.497 e. The zero-order chi connectivity index (χ0) is 27.2. The maximum absolute atomic E-state index is 13.1. The molecule has 3 heterocycles. The van der Waals surface area contributed by atoms with Crippen LogP contribution in [0.25, 0.3) is 10.9 Å². The molecular weight excluding hydrogens is 536 g/mol. The first-order valence-corrected chi connectivity index (χ1v) is 13.5. The third kappa shape index (κ3) is 6.87. The molecule has 1 amide bonds. The number of nitrogens with one attached hydrogen (secondary N) is 2. The first kappa shape index (κ1) is 29.7. The number of aromatic nitrogens is 1. The van der Waals surface area contributed by atoms with Crippen molar-refractivity contribution in [2.45, 2.75) is 32.0 Å². The monoisotopic (exact) mass is 572 g/mol. The Morgan fingerprint density at radius 1 is 1.05 bits per heavy atom. The van der Waals surface area contributed by atoms with Crippen LogP contribution in [0.5, 0.6) is 17.2 Å². The normalized spacial score (nSPS) is 15.4. The van der Waals surface area contributed by atoms with E-state index >= 15 is 0 Å². The van der Waals surface area contributed by atoms with Gasteiger partial charge in [0.1, 0.15) is 19.0 Å². The summed E-state index contributed by atoms with van der Waals surface area (Å²) in [5.41, 5.74) is 1.90. The van der Waals surface area contributed by atoms with Crippen molar-refractivity contribution in [3.8, 4) is 17.2 Å². The Hall–Kier alpha value is -3.31. The van der Waals surface area contributed by atoms with E-state index in [2.05, 4.69) is 27.7 Å². The molecule has 1 aromatic heterocycles. The zero-order valence-corrected chi connectivity index (χ0v) is 23.5. The number of aliphatic hydroxyl groups is 1. The van der Waals surface area contributed by atoms with Crippen LogP contribution in [-0.4, -0.2) is 79.6 Å². The number of rotatable bonds is 10. The highest BCUT2D eigenvalue weighted by Crippen LogP contribution is 2.31. The fourth-order valence-corrected chi connectivity index (χ4v) is 5.23. The third-order valence-corrected chi connectivity index (χ3v) is 7.39. The van der Waals surface area contributed by atoms with Gasteiger partial charge in [0.2, 0.25) is 0 Å². The fraction of sp³-hybridized carbons (Fsp3) is 0.448. The van der Waals surface area contributed by atoms with Crippen molar-refractivity contribution < 1.29 is 24.1 Å². The number of hydrogen-bond donors (Lipinski definition) is 3. The van der Waals surface area contributed by atoms with Gasteiger partial charge in [-0.05, 0) is 55.8 Å². The SMILES string of the molecule is COc1ccc2c(C(=O)NCCO)cc(=O)n(CCN3CCC(NCc4ccc5c(c4)OCCO5)CC3)c2c1.Cl. The molecule has 10 nitrogen and oxygen atoms in total. The number of ether oxygens (including phenoxy) is 3. The van der Waals surface area contributed by atoms with Crippen LogP contribution in [0.1, 0.15) is 28.8 Å². The van der Waals surface area contributed by atoms with Crippen molar-refractivity contribution in [3.63, 3.8) is 0 Å². The maximum Gasteiger partial charge on any atom is 0.252 e. The van der Waals surface area contributed by atoms with Crippen molar-refractivity contribution in [1.82, 2.24) is 20.1 Å². The van der Waals surface area contributed by atoms with Crippen LogP contribution in [-0.2, 0) is 13.1 Å². The van der Waals surface area contributed by atoms with Gasteiger partial charge < -0.3 is 39.4 Å². The van der Waals surface area contributed by atoms with Gasteiger partial charge in [-0.3, -0.25) is 9.59 Å². The number of likely N-dealkylation sites (tertiary alicyclic amines) is 1. The fourth-order valence-electron chi connectivity index (χ4n) is 5.23. The van der Waals surface area contributed by atoms with Crippen molar-refractivity contribution >= 4 is 29.2 Å². The lowest BCUT2D eigenvalue weighted by molar-refractivity contribution is 0.0946. The summed E-state index contributed by atoms with van der Waals surface area (Å²) in [6, 6.07) is 13.3. The number of hydrogen-bond acceptors (Lipinski definition) is 8. The molecule has 0 spiro atoms. The Balaban J connectivity index is 0.00000370. The molecule has 11 heteroatoms. The highest BCUT2D eigenvalue weighted by Gasteiger charge is 2.21. The van der Waals surface area contributed by atoms with Crippen molar-refractivity contribution in [1.29, 1.82) is 0 Å². The quantitative estimate of drug-likeness (QED) is 0.339. The molecule has 1 saturated heterocycles. The summed E-state index contributed by atoms with van der Waals surface area (Å²) in [7, 11) is 1.58. The van der Waals surface area contributed by atoms with E-state index in [4.69, 9.17) is 19.3 Å². The van der Waals surface area contributed by atoms with Gasteiger partial charge >= 0.3 is 0 Å². The first-order chi connectivity index (χ1) is 19.1. The van der Waals surface area contributed by atoms with E-state index in [0.717, 1.165) is 50.5 Å². The number of nitrogens with zero attached hydrogens (tertiary/aromatic N) is 2. The molecule has 1 fully saturated rings. The molecule has 0 atom stereocenters. The molecular formula is C29H37ClN4O6. The molecule has 2 aliphatic heterocycles. The van der Waals surface area contributed by atoms with Crippen LogP contribution in [0.4, 0.5) is 0 Å². The van der Waals surface area contributed by atoms with Crippen LogP contribution < -0.4 is 30.4 Å². The standard InChI is InChI=1S/C29H36N4O6.ClH/c1-37-22-3-4-23-24(29(36)30-8-13-34)18-28(35)33(25(23)17-22)12-11-32-9-6-21(7-10-32)31-19-20-2-5-26-27(16-20)39-15-14-38-26;/h2-5,16-18,21,31,34H,6-15,19H2,1H3,(H,30,36);1H. The Morgan fingerprint density at radius 3 is 2.58 bits per heavy atom. The lowest BCUT2D eigenvalue weighted by Gasteiger charge is -2.32. The molecule has 5 rings (SSSR count). The average Bonchev–Trinajstić information content (AvgIpc) is 2.98. The Morgan fingerprint density at radius 2 is 1.82 bits per heavy atom. The van der Waals surface area contributed by atoms with Crippen LogP contribution in [0.2, 0.25) is 0 Å². The first-order valence-electron chi connectivity index (χ1n) is 13.5. The molecule has 2 aliphatic rings. The number of halogens is 1. The zero-order valence-electron chi connectivity index (χ0n) is 22.7. The van der Waals surface area contributed by atoms with Gasteiger partial charge in [0, 0.05) is 49.7 Å². The minimum atomic E-state index is -0.380. The molecule has 0 unspecified atom stereocenters. The highest BCUT2D eigenvalue weighted by atomic mass is 35.5. The second-order valence-electron chi connectivity index (χ2n) is 9.89. The summed E-state index contributed by atoms with van der Waals surface area (Å²) in [4.78, 5) is 28.1. The molecule has 3 aromatic rings. The Labute approximate surface area is 239 Å². The van der Waals surface area contributed by atoms with Gasteiger partial charge in [-0.2, -0.15) is 0 Å². The molecule has 3 N–H and O–H groups in total. The van der Waals surface area contributed by atoms with Gasteiger partial charge in [-0.15, -0.1) is 12.4 Å². The molecule has 0 aliphatic carbocycles. The van der Waals surface area contributed by atoms with Crippen molar-refractivity contribution in [2.24, 2.45) is 0 Å². The Bertz CT molecular complexity index is 1370. The summed E-state index contributed by atoms with van der Waals surface area (Å²) < 4.78 is 18.4. The molecule has 0 saturated carbocycles. The number of pyridine rings is 1. The maximum atomic E-state index is 13.1. The predicted octanol–water partition coefficient (Wildman–Crippen LogP) is 2.18. The van der Waals surface area contributed by atoms with Gasteiger partial charge in [-0.1, -0.05) is 6.07 Å². The van der Waals surface area contributed by atoms with Crippen molar-refractivity contribution in [3.05, 3.63) is 63.9 Å². The number of benzene rings is 2. The van der Waals surface area contributed by atoms with E-state index in [1.807, 2.05) is 6.07 Å². The van der Waals surface area contributed by atoms with Crippen LogP contribution in [0.3, 0.4) is 0 Å². The topological polar surface area (TPSA) is 114 Å². The number of amides is 1. The number of piperidine rings is 1. The third-order valence-electron chi connectivity index (χ3n) is 7.39. The summed E-state index contributed by atoms with van der Waals surface area (Å²) >= 11 is 0. The predicted molar refractivity (Wildman–Crippen MR) is 155 cm³/mol. The van der Waals surface area contributed by atoms with Crippen LogP contribution >= 0.6 is 12.4 Å². The smallest absolute Gasteiger partial charge is 0.252 e. The second-order valence-corrected chi connectivity index (χ2v) is 9.89. The number of methoxy groups -OCH3 is 1. The van der Waals surface area contributed by atoms with E-state index in [-0.39, 0.29) is 37.0 Å². The Kier molecular flexibility index (Phi) is 10.3. The number of fused-ring (bicyclic) bond motifs is 2. The highest BCUT2D eigenvalue weighted by molar-refractivity contribution is 6.06. The van der Waals surface area contributed by atoms with E-state index in [1.165, 1.54) is 11.6 Å². The second kappa shape index (κ2) is 13.8. The minimum absolute atomic E-state index is 0. The van der Waals surface area contributed by atoms with Gasteiger partial charge in [-0.25, -0.2) is 0 Å². The average molecular weight is 573 g/mol. The summed E-state index contributed by atoms with van der Waals surface area (Å²) in [5, 5.41) is 16.0. The summed E-state index contributed by atoms with van der Waals surface area (Å²) in [6.07, 6.45) is 2.05. The molecule has 0 radical (unpaired) electrons.